The summed E-state index contributed by atoms with van der Waals surface area (Å²) >= 11 is 6.04. The van der Waals surface area contributed by atoms with Crippen molar-refractivity contribution < 1.29 is 4.79 Å². The minimum absolute atomic E-state index is 0.156. The van der Waals surface area contributed by atoms with Crippen LogP contribution in [-0.4, -0.2) is 10.9 Å². The second kappa shape index (κ2) is 6.80. The molecule has 3 rings (SSSR count). The van der Waals surface area contributed by atoms with Crippen LogP contribution in [0.15, 0.2) is 42.6 Å². The van der Waals surface area contributed by atoms with Crippen LogP contribution in [0.4, 0.5) is 17.1 Å². The summed E-state index contributed by atoms with van der Waals surface area (Å²) in [6.45, 7) is 3.35. The first kappa shape index (κ1) is 16.7. The van der Waals surface area contributed by atoms with E-state index in [0.29, 0.717) is 22.0 Å². The third kappa shape index (κ3) is 3.54. The zero-order valence-corrected chi connectivity index (χ0v) is 14.5. The summed E-state index contributed by atoms with van der Waals surface area (Å²) in [7, 11) is 0. The summed E-state index contributed by atoms with van der Waals surface area (Å²) in [5.74, 6) is -0.156. The van der Waals surface area contributed by atoms with Crippen LogP contribution < -0.4 is 10.6 Å². The summed E-state index contributed by atoms with van der Waals surface area (Å²) < 4.78 is 0. The molecule has 0 radical (unpaired) electrons. The van der Waals surface area contributed by atoms with Crippen molar-refractivity contribution in [3.63, 3.8) is 0 Å². The Morgan fingerprint density at radius 3 is 2.76 bits per heavy atom. The molecule has 0 aliphatic rings. The van der Waals surface area contributed by atoms with Gasteiger partial charge < -0.3 is 10.6 Å². The molecular weight excluding hydrogens is 336 g/mol. The highest BCUT2D eigenvalue weighted by Gasteiger charge is 2.12. The number of benzene rings is 2. The quantitative estimate of drug-likeness (QED) is 0.713. The fourth-order valence-electron chi connectivity index (χ4n) is 2.60. The third-order valence-corrected chi connectivity index (χ3v) is 3.97. The first-order chi connectivity index (χ1) is 12.0. The molecule has 0 atom stereocenters. The van der Waals surface area contributed by atoms with Crippen molar-refractivity contribution in [1.29, 1.82) is 5.26 Å². The van der Waals surface area contributed by atoms with Gasteiger partial charge in [-0.1, -0.05) is 17.7 Å². The van der Waals surface area contributed by atoms with E-state index in [1.807, 2.05) is 31.2 Å². The molecule has 3 aromatic rings. The van der Waals surface area contributed by atoms with E-state index in [9.17, 15) is 10.1 Å². The lowest BCUT2D eigenvalue weighted by atomic mass is 10.1. The smallest absolute Gasteiger partial charge is 0.221 e. The molecule has 2 aromatic carbocycles. The maximum Gasteiger partial charge on any atom is 0.221 e. The zero-order valence-electron chi connectivity index (χ0n) is 13.7. The Morgan fingerprint density at radius 2 is 2.08 bits per heavy atom. The molecule has 5 nitrogen and oxygen atoms in total. The number of hydrogen-bond acceptors (Lipinski definition) is 4. The number of nitrogens with one attached hydrogen (secondary N) is 2. The Bertz CT molecular complexity index is 1020. The molecule has 0 aliphatic carbocycles. The number of nitrogens with zero attached hydrogens (tertiary/aromatic N) is 2. The molecule has 0 bridgehead atoms. The van der Waals surface area contributed by atoms with E-state index in [4.69, 9.17) is 11.6 Å². The Labute approximate surface area is 150 Å². The number of aromatic nitrogens is 1. The van der Waals surface area contributed by atoms with Crippen molar-refractivity contribution in [2.24, 2.45) is 0 Å². The number of halogens is 1. The van der Waals surface area contributed by atoms with Gasteiger partial charge in [-0.2, -0.15) is 5.26 Å². The van der Waals surface area contributed by atoms with E-state index in [2.05, 4.69) is 21.7 Å². The average Bonchev–Trinajstić information content (AvgIpc) is 2.56. The van der Waals surface area contributed by atoms with Crippen molar-refractivity contribution in [3.8, 4) is 6.07 Å². The fourth-order valence-corrected chi connectivity index (χ4v) is 2.79. The van der Waals surface area contributed by atoms with Crippen molar-refractivity contribution in [3.05, 3.63) is 58.7 Å². The Balaban J connectivity index is 2.20. The van der Waals surface area contributed by atoms with Crippen molar-refractivity contribution in [1.82, 2.24) is 4.98 Å². The molecule has 0 fully saturated rings. The van der Waals surface area contributed by atoms with Gasteiger partial charge in [0.25, 0.3) is 0 Å². The predicted octanol–water partition coefficient (Wildman–Crippen LogP) is 4.77. The molecule has 0 saturated heterocycles. The van der Waals surface area contributed by atoms with Gasteiger partial charge >= 0.3 is 0 Å². The second-order valence-electron chi connectivity index (χ2n) is 5.66. The highest BCUT2D eigenvalue weighted by atomic mass is 35.5. The highest BCUT2D eigenvalue weighted by Crippen LogP contribution is 2.33. The van der Waals surface area contributed by atoms with Crippen LogP contribution in [0, 0.1) is 18.3 Å². The number of aryl methyl sites for hydroxylation is 1. The first-order valence-corrected chi connectivity index (χ1v) is 7.99. The number of hydrogen-bond donors (Lipinski definition) is 2. The molecule has 0 spiro atoms. The molecule has 6 heteroatoms. The van der Waals surface area contributed by atoms with Crippen molar-refractivity contribution in [2.45, 2.75) is 13.8 Å². The lowest BCUT2D eigenvalue weighted by Crippen LogP contribution is -2.07. The topological polar surface area (TPSA) is 77.8 Å². The maximum absolute atomic E-state index is 11.4. The van der Waals surface area contributed by atoms with E-state index in [1.54, 1.807) is 12.1 Å². The zero-order chi connectivity index (χ0) is 18.0. The molecule has 2 N–H and O–H groups in total. The molecule has 25 heavy (non-hydrogen) atoms. The summed E-state index contributed by atoms with van der Waals surface area (Å²) in [5, 5.41) is 16.8. The van der Waals surface area contributed by atoms with Crippen LogP contribution in [0.1, 0.15) is 18.1 Å². The average molecular weight is 351 g/mol. The monoisotopic (exact) mass is 350 g/mol. The van der Waals surface area contributed by atoms with Gasteiger partial charge in [0.15, 0.2) is 0 Å². The van der Waals surface area contributed by atoms with Gasteiger partial charge in [0.1, 0.15) is 6.07 Å². The molecule has 0 aliphatic heterocycles. The highest BCUT2D eigenvalue weighted by molar-refractivity contribution is 6.30. The molecule has 1 aromatic heterocycles. The molecular formula is C19H15ClN4O. The van der Waals surface area contributed by atoms with Crippen LogP contribution >= 0.6 is 11.6 Å². The van der Waals surface area contributed by atoms with Crippen LogP contribution in [0.3, 0.4) is 0 Å². The number of pyridine rings is 1. The lowest BCUT2D eigenvalue weighted by molar-refractivity contribution is -0.114. The van der Waals surface area contributed by atoms with Crippen molar-refractivity contribution in [2.75, 3.05) is 10.6 Å². The maximum atomic E-state index is 11.4. The van der Waals surface area contributed by atoms with Crippen LogP contribution in [0.5, 0.6) is 0 Å². The summed E-state index contributed by atoms with van der Waals surface area (Å²) in [6, 6.07) is 13.1. The minimum atomic E-state index is -0.156. The number of fused-ring (bicyclic) bond motifs is 1. The normalized spacial score (nSPS) is 10.3. The summed E-state index contributed by atoms with van der Waals surface area (Å²) in [5.41, 5.74) is 4.11. The number of nitriles is 1. The summed E-state index contributed by atoms with van der Waals surface area (Å²) in [4.78, 5) is 15.8. The van der Waals surface area contributed by atoms with Gasteiger partial charge in [0.05, 0.1) is 16.8 Å². The second-order valence-corrected chi connectivity index (χ2v) is 6.10. The van der Waals surface area contributed by atoms with E-state index in [1.165, 1.54) is 13.1 Å². The van der Waals surface area contributed by atoms with Gasteiger partial charge in [-0.05, 0) is 42.8 Å². The van der Waals surface area contributed by atoms with Gasteiger partial charge in [-0.25, -0.2) is 0 Å². The number of carbonyl (C=O) groups excluding carboxylic acids is 1. The first-order valence-electron chi connectivity index (χ1n) is 7.61. The van der Waals surface area contributed by atoms with E-state index >= 15 is 0 Å². The van der Waals surface area contributed by atoms with Gasteiger partial charge in [0.2, 0.25) is 5.91 Å². The number of anilines is 3. The fraction of sp³-hybridized carbons (Fsp3) is 0.105. The largest absolute Gasteiger partial charge is 0.354 e. The minimum Gasteiger partial charge on any atom is -0.354 e. The Morgan fingerprint density at radius 1 is 1.28 bits per heavy atom. The van der Waals surface area contributed by atoms with Crippen molar-refractivity contribution >= 4 is 45.5 Å². The lowest BCUT2D eigenvalue weighted by Gasteiger charge is -2.14. The van der Waals surface area contributed by atoms with Crippen LogP contribution in [-0.2, 0) is 4.79 Å². The Hall–Kier alpha value is -3.10. The van der Waals surface area contributed by atoms with Crippen LogP contribution in [0.2, 0.25) is 5.02 Å². The molecule has 0 saturated carbocycles. The van der Waals surface area contributed by atoms with Gasteiger partial charge in [-0.3, -0.25) is 9.78 Å². The number of amides is 1. The standard InChI is InChI=1S/C19H15ClN4O/c1-11-6-18-16(8-17(11)23-12(2)25)19(13(9-21)10-22-18)24-15-5-3-4-14(20)7-15/h3-8,10H,1-2H3,(H,22,24)(H,23,25). The van der Waals surface area contributed by atoms with E-state index < -0.39 is 0 Å². The SMILES string of the molecule is CC(=O)Nc1cc2c(Nc3cccc(Cl)c3)c(C#N)cnc2cc1C. The predicted molar refractivity (Wildman–Crippen MR) is 100 cm³/mol. The number of rotatable bonds is 3. The number of carbonyl (C=O) groups is 1. The molecule has 0 unspecified atom stereocenters. The summed E-state index contributed by atoms with van der Waals surface area (Å²) in [6.07, 6.45) is 1.53. The van der Waals surface area contributed by atoms with E-state index in [0.717, 1.165) is 22.2 Å². The van der Waals surface area contributed by atoms with Gasteiger partial charge in [0, 0.05) is 34.9 Å². The third-order valence-electron chi connectivity index (χ3n) is 3.74. The molecule has 1 amide bonds. The molecule has 124 valence electrons. The van der Waals surface area contributed by atoms with E-state index in [-0.39, 0.29) is 5.91 Å². The van der Waals surface area contributed by atoms with Gasteiger partial charge in [-0.15, -0.1) is 0 Å². The molecule has 1 heterocycles. The van der Waals surface area contributed by atoms with Crippen LogP contribution in [0.25, 0.3) is 10.9 Å². The Kier molecular flexibility index (Phi) is 4.55.